The highest BCUT2D eigenvalue weighted by Gasteiger charge is 1.92. The maximum atomic E-state index is 9.00. The van der Waals surface area contributed by atoms with Gasteiger partial charge in [-0.15, -0.1) is 0 Å². The highest BCUT2D eigenvalue weighted by molar-refractivity contribution is 5.69. The van der Waals surface area contributed by atoms with Crippen LogP contribution >= 0.6 is 0 Å². The van der Waals surface area contributed by atoms with Gasteiger partial charge in [0.1, 0.15) is 0 Å². The van der Waals surface area contributed by atoms with Gasteiger partial charge in [0.05, 0.1) is 0 Å². The van der Waals surface area contributed by atoms with Crippen LogP contribution in [-0.2, 0) is 0 Å². The molecule has 0 rings (SSSR count). The Morgan fingerprint density at radius 3 is 0.773 bits per heavy atom. The minimum absolute atomic E-state index is 0.348. The third-order valence-electron chi connectivity index (χ3n) is 2.57. The van der Waals surface area contributed by atoms with E-state index in [0.717, 1.165) is 12.8 Å². The summed E-state index contributed by atoms with van der Waals surface area (Å²) in [5.74, 6) is 0. The van der Waals surface area contributed by atoms with Gasteiger partial charge in [0.2, 0.25) is 0 Å². The maximum Gasteiger partial charge on any atom is 0.309 e. The number of hydrogen-bond donors (Lipinski definition) is 6. The largest absolute Gasteiger partial charge is 0.396 e. The molecule has 0 fully saturated rings. The van der Waals surface area contributed by atoms with Crippen LogP contribution < -0.4 is 22.9 Å². The van der Waals surface area contributed by atoms with E-state index in [9.17, 15) is 0 Å². The molecular weight excluding hydrogens is 288 g/mol. The Balaban J connectivity index is -0.000000372. The Labute approximate surface area is 133 Å². The molecule has 0 saturated carbocycles. The molecule has 0 bridgehead atoms. The Morgan fingerprint density at radius 2 is 0.636 bits per heavy atom. The Bertz CT molecular complexity index is 209. The third kappa shape index (κ3) is 62.9. The SMILES string of the molecule is NC(N)=O.NC(N)=O.OCCCCCCCCCCCCO. The molecular formula is C14H34N4O4. The van der Waals surface area contributed by atoms with Gasteiger partial charge < -0.3 is 33.1 Å². The van der Waals surface area contributed by atoms with E-state index in [1.165, 1.54) is 51.4 Å². The second-order valence-electron chi connectivity index (χ2n) is 4.79. The molecule has 0 heterocycles. The van der Waals surface area contributed by atoms with Gasteiger partial charge in [-0.1, -0.05) is 51.4 Å². The molecule has 8 nitrogen and oxygen atoms in total. The molecule has 0 saturated heterocycles. The van der Waals surface area contributed by atoms with E-state index in [2.05, 4.69) is 22.9 Å². The second kappa shape index (κ2) is 24.5. The van der Waals surface area contributed by atoms with Gasteiger partial charge in [0.15, 0.2) is 0 Å². The summed E-state index contributed by atoms with van der Waals surface area (Å²) in [6.45, 7) is 0.697. The summed E-state index contributed by atoms with van der Waals surface area (Å²) < 4.78 is 0. The lowest BCUT2D eigenvalue weighted by Gasteiger charge is -2.01. The highest BCUT2D eigenvalue weighted by atomic mass is 16.3. The fourth-order valence-electron chi connectivity index (χ4n) is 1.64. The van der Waals surface area contributed by atoms with Crippen molar-refractivity contribution < 1.29 is 19.8 Å². The summed E-state index contributed by atoms with van der Waals surface area (Å²) >= 11 is 0. The third-order valence-corrected chi connectivity index (χ3v) is 2.57. The van der Waals surface area contributed by atoms with E-state index in [1.807, 2.05) is 0 Å². The zero-order chi connectivity index (χ0) is 17.6. The zero-order valence-electron chi connectivity index (χ0n) is 13.5. The van der Waals surface area contributed by atoms with E-state index in [4.69, 9.17) is 19.8 Å². The lowest BCUT2D eigenvalue weighted by atomic mass is 10.1. The van der Waals surface area contributed by atoms with Crippen molar-refractivity contribution >= 4 is 12.1 Å². The molecule has 0 atom stereocenters. The predicted octanol–water partition coefficient (Wildman–Crippen LogP) is 0.920. The number of aliphatic hydroxyl groups excluding tert-OH is 2. The number of aliphatic hydroxyl groups is 2. The van der Waals surface area contributed by atoms with Crippen molar-refractivity contribution in [2.45, 2.75) is 64.2 Å². The molecule has 0 aromatic rings. The molecule has 22 heavy (non-hydrogen) atoms. The highest BCUT2D eigenvalue weighted by Crippen LogP contribution is 2.10. The van der Waals surface area contributed by atoms with Crippen molar-refractivity contribution in [2.75, 3.05) is 13.2 Å². The average molecular weight is 322 g/mol. The number of nitrogens with two attached hydrogens (primary N) is 4. The van der Waals surface area contributed by atoms with E-state index >= 15 is 0 Å². The van der Waals surface area contributed by atoms with Crippen LogP contribution in [0, 0.1) is 0 Å². The molecule has 134 valence electrons. The summed E-state index contributed by atoms with van der Waals surface area (Å²) in [4.78, 5) is 18.0. The smallest absolute Gasteiger partial charge is 0.309 e. The van der Waals surface area contributed by atoms with Gasteiger partial charge in [-0.2, -0.15) is 0 Å². The van der Waals surface area contributed by atoms with Crippen molar-refractivity contribution in [3.63, 3.8) is 0 Å². The van der Waals surface area contributed by atoms with Crippen molar-refractivity contribution in [1.82, 2.24) is 0 Å². The van der Waals surface area contributed by atoms with Gasteiger partial charge in [0, 0.05) is 13.2 Å². The number of unbranched alkanes of at least 4 members (excludes halogenated alkanes) is 9. The normalized spacial score (nSPS) is 9.00. The average Bonchev–Trinajstić information content (AvgIpc) is 2.40. The van der Waals surface area contributed by atoms with Gasteiger partial charge >= 0.3 is 12.1 Å². The first kappa shape index (κ1) is 25.4. The van der Waals surface area contributed by atoms with Crippen LogP contribution in [0.15, 0.2) is 0 Å². The minimum Gasteiger partial charge on any atom is -0.396 e. The molecule has 0 aromatic carbocycles. The van der Waals surface area contributed by atoms with Crippen molar-refractivity contribution in [2.24, 2.45) is 22.9 Å². The molecule has 4 amide bonds. The summed E-state index contributed by atoms with van der Waals surface area (Å²) in [7, 11) is 0. The van der Waals surface area contributed by atoms with Crippen LogP contribution in [0.1, 0.15) is 64.2 Å². The molecule has 0 aromatic heterocycles. The first-order valence-electron chi connectivity index (χ1n) is 7.70. The van der Waals surface area contributed by atoms with Gasteiger partial charge in [-0.3, -0.25) is 0 Å². The molecule has 0 aliphatic heterocycles. The lowest BCUT2D eigenvalue weighted by molar-refractivity contribution is 0.255. The fraction of sp³-hybridized carbons (Fsp3) is 0.857. The van der Waals surface area contributed by atoms with Crippen LogP contribution in [0.2, 0.25) is 0 Å². The Hall–Kier alpha value is -1.54. The predicted molar refractivity (Wildman–Crippen MR) is 87.9 cm³/mol. The summed E-state index contributed by atoms with van der Waals surface area (Å²) in [5, 5.41) is 17.1. The number of amides is 4. The van der Waals surface area contributed by atoms with Crippen LogP contribution in [0.4, 0.5) is 9.59 Å². The first-order chi connectivity index (χ1) is 10.4. The van der Waals surface area contributed by atoms with E-state index in [0.29, 0.717) is 13.2 Å². The van der Waals surface area contributed by atoms with Crippen LogP contribution in [0.5, 0.6) is 0 Å². The number of hydrogen-bond acceptors (Lipinski definition) is 4. The van der Waals surface area contributed by atoms with Crippen molar-refractivity contribution in [3.05, 3.63) is 0 Å². The van der Waals surface area contributed by atoms with Crippen molar-refractivity contribution in [3.8, 4) is 0 Å². The van der Waals surface area contributed by atoms with Crippen molar-refractivity contribution in [1.29, 1.82) is 0 Å². The molecule has 0 unspecified atom stereocenters. The number of carbonyl (C=O) groups is 2. The standard InChI is InChI=1S/C12H26O2.2CH4N2O/c13-11-9-7-5-3-1-2-4-6-8-10-12-14;2*2-1(3)4/h13-14H,1-12H2;2*(H4,2,3,4). The number of rotatable bonds is 11. The maximum absolute atomic E-state index is 9.00. The fourth-order valence-corrected chi connectivity index (χ4v) is 1.64. The lowest BCUT2D eigenvalue weighted by Crippen LogP contribution is -2.18. The number of carbonyl (C=O) groups excluding carboxylic acids is 2. The zero-order valence-corrected chi connectivity index (χ0v) is 13.5. The first-order valence-corrected chi connectivity index (χ1v) is 7.70. The molecule has 0 aliphatic carbocycles. The topological polar surface area (TPSA) is 179 Å². The molecule has 0 radical (unpaired) electrons. The quantitative estimate of drug-likeness (QED) is 0.310. The van der Waals surface area contributed by atoms with E-state index < -0.39 is 12.1 Å². The van der Waals surface area contributed by atoms with Crippen LogP contribution in [0.25, 0.3) is 0 Å². The summed E-state index contributed by atoms with van der Waals surface area (Å²) in [5.41, 5.74) is 17.0. The monoisotopic (exact) mass is 322 g/mol. The number of urea groups is 2. The molecule has 0 aliphatic rings. The Kier molecular flexibility index (Phi) is 28.3. The van der Waals surface area contributed by atoms with Gasteiger partial charge in [-0.05, 0) is 12.8 Å². The second-order valence-corrected chi connectivity index (χ2v) is 4.79. The summed E-state index contributed by atoms with van der Waals surface area (Å²) in [6, 6.07) is -1.67. The van der Waals surface area contributed by atoms with E-state index in [-0.39, 0.29) is 0 Å². The molecule has 10 N–H and O–H groups in total. The Morgan fingerprint density at radius 1 is 0.500 bits per heavy atom. The van der Waals surface area contributed by atoms with E-state index in [1.54, 1.807) is 0 Å². The molecule has 8 heteroatoms. The number of primary amides is 4. The summed E-state index contributed by atoms with van der Waals surface area (Å²) in [6.07, 6.45) is 12.2. The molecule has 0 spiro atoms. The van der Waals surface area contributed by atoms with Crippen LogP contribution in [-0.4, -0.2) is 35.5 Å². The van der Waals surface area contributed by atoms with Crippen LogP contribution in [0.3, 0.4) is 0 Å². The minimum atomic E-state index is -0.833. The van der Waals surface area contributed by atoms with Gasteiger partial charge in [0.25, 0.3) is 0 Å². The van der Waals surface area contributed by atoms with Gasteiger partial charge in [-0.25, -0.2) is 9.59 Å².